The summed E-state index contributed by atoms with van der Waals surface area (Å²) in [7, 11) is 0. The van der Waals surface area contributed by atoms with E-state index in [-0.39, 0.29) is 12.2 Å². The number of aromatic nitrogens is 1. The average molecular weight is 204 g/mol. The van der Waals surface area contributed by atoms with Crippen LogP contribution >= 0.6 is 0 Å². The van der Waals surface area contributed by atoms with Gasteiger partial charge in [-0.3, -0.25) is 4.79 Å². The summed E-state index contributed by atoms with van der Waals surface area (Å²) in [6.07, 6.45) is -4.04. The lowest BCUT2D eigenvalue weighted by Gasteiger charge is -2.06. The van der Waals surface area contributed by atoms with Crippen LogP contribution in [0.25, 0.3) is 0 Å². The summed E-state index contributed by atoms with van der Waals surface area (Å²) in [4.78, 5) is 13.2. The molecule has 0 aliphatic rings. The molecule has 0 aliphatic carbocycles. The van der Waals surface area contributed by atoms with E-state index < -0.39 is 11.9 Å². The molecule has 0 fully saturated rings. The van der Waals surface area contributed by atoms with Gasteiger partial charge in [-0.1, -0.05) is 6.07 Å². The lowest BCUT2D eigenvalue weighted by Crippen LogP contribution is -2.14. The van der Waals surface area contributed by atoms with Gasteiger partial charge in [-0.05, 0) is 12.1 Å². The molecule has 0 saturated heterocycles. The number of pyridine rings is 1. The molecular weight excluding hydrogens is 197 g/mol. The highest BCUT2D eigenvalue weighted by molar-refractivity contribution is 5.45. The molecule has 1 rings (SSSR count). The third kappa shape index (κ3) is 2.72. The van der Waals surface area contributed by atoms with Gasteiger partial charge in [-0.25, -0.2) is 4.98 Å². The summed E-state index contributed by atoms with van der Waals surface area (Å²) in [5, 5.41) is 2.23. The Labute approximate surface area is 78.0 Å². The second-order valence-electron chi connectivity index (χ2n) is 2.51. The Balaban J connectivity index is 2.84. The lowest BCUT2D eigenvalue weighted by molar-refractivity contribution is -0.141. The Kier molecular flexibility index (Phi) is 3.06. The average Bonchev–Trinajstić information content (AvgIpc) is 2.14. The summed E-state index contributed by atoms with van der Waals surface area (Å²) < 4.78 is 36.4. The molecule has 0 unspecified atom stereocenters. The third-order valence-electron chi connectivity index (χ3n) is 1.46. The Morgan fingerprint density at radius 1 is 1.43 bits per heavy atom. The minimum atomic E-state index is -4.45. The zero-order valence-corrected chi connectivity index (χ0v) is 7.01. The van der Waals surface area contributed by atoms with E-state index in [0.717, 1.165) is 6.07 Å². The molecule has 1 N–H and O–H groups in total. The van der Waals surface area contributed by atoms with E-state index >= 15 is 0 Å². The van der Waals surface area contributed by atoms with Gasteiger partial charge in [0.05, 0.1) is 12.2 Å². The number of carbonyl (C=O) groups is 1. The Morgan fingerprint density at radius 2 is 2.14 bits per heavy atom. The zero-order valence-electron chi connectivity index (χ0n) is 7.01. The van der Waals surface area contributed by atoms with Gasteiger partial charge in [-0.15, -0.1) is 0 Å². The molecule has 0 saturated carbocycles. The molecule has 0 bridgehead atoms. The second-order valence-corrected chi connectivity index (χ2v) is 2.51. The topological polar surface area (TPSA) is 42.0 Å². The van der Waals surface area contributed by atoms with Crippen LogP contribution in [0.1, 0.15) is 11.4 Å². The number of nitrogens with one attached hydrogen (secondary N) is 1. The van der Waals surface area contributed by atoms with E-state index in [4.69, 9.17) is 0 Å². The van der Waals surface area contributed by atoms with E-state index in [9.17, 15) is 18.0 Å². The number of hydrogen-bond acceptors (Lipinski definition) is 2. The maximum atomic E-state index is 12.1. The van der Waals surface area contributed by atoms with Crippen LogP contribution in [-0.2, 0) is 17.5 Å². The highest BCUT2D eigenvalue weighted by Gasteiger charge is 2.32. The Bertz CT molecular complexity index is 325. The zero-order chi connectivity index (χ0) is 10.6. The van der Waals surface area contributed by atoms with Gasteiger partial charge in [0.15, 0.2) is 0 Å². The summed E-state index contributed by atoms with van der Waals surface area (Å²) in [5.74, 6) is 0. The van der Waals surface area contributed by atoms with Crippen molar-refractivity contribution in [2.75, 3.05) is 0 Å². The summed E-state index contributed by atoms with van der Waals surface area (Å²) in [6, 6.07) is 3.54. The van der Waals surface area contributed by atoms with E-state index in [0.29, 0.717) is 6.41 Å². The molecule has 14 heavy (non-hydrogen) atoms. The molecule has 0 aromatic carbocycles. The van der Waals surface area contributed by atoms with Gasteiger partial charge in [0.1, 0.15) is 5.69 Å². The van der Waals surface area contributed by atoms with Gasteiger partial charge < -0.3 is 5.32 Å². The minimum absolute atomic E-state index is 0.00653. The molecule has 6 heteroatoms. The van der Waals surface area contributed by atoms with Crippen molar-refractivity contribution in [2.45, 2.75) is 12.7 Å². The van der Waals surface area contributed by atoms with Crippen molar-refractivity contribution in [3.63, 3.8) is 0 Å². The first kappa shape index (κ1) is 10.5. The molecule has 0 radical (unpaired) electrons. The summed E-state index contributed by atoms with van der Waals surface area (Å²) in [6.45, 7) is -0.00653. The van der Waals surface area contributed by atoms with Crippen LogP contribution in [0, 0.1) is 0 Å². The van der Waals surface area contributed by atoms with E-state index in [2.05, 4.69) is 10.3 Å². The van der Waals surface area contributed by atoms with Crippen molar-refractivity contribution in [3.8, 4) is 0 Å². The largest absolute Gasteiger partial charge is 0.433 e. The maximum absolute atomic E-state index is 12.1. The number of carbonyl (C=O) groups excluding carboxylic acids is 1. The number of alkyl halides is 3. The van der Waals surface area contributed by atoms with Gasteiger partial charge in [-0.2, -0.15) is 13.2 Å². The van der Waals surface area contributed by atoms with Crippen molar-refractivity contribution >= 4 is 6.41 Å². The van der Waals surface area contributed by atoms with Crippen LogP contribution < -0.4 is 5.32 Å². The molecular formula is C8H7F3N2O. The first-order valence-electron chi connectivity index (χ1n) is 3.74. The summed E-state index contributed by atoms with van der Waals surface area (Å²) in [5.41, 5.74) is -0.783. The number of amides is 1. The van der Waals surface area contributed by atoms with Crippen LogP contribution in [-0.4, -0.2) is 11.4 Å². The second kappa shape index (κ2) is 4.08. The van der Waals surface area contributed by atoms with Crippen molar-refractivity contribution in [1.82, 2.24) is 10.3 Å². The molecule has 0 aliphatic heterocycles. The van der Waals surface area contributed by atoms with Gasteiger partial charge in [0.2, 0.25) is 6.41 Å². The molecule has 0 atom stereocenters. The van der Waals surface area contributed by atoms with Crippen molar-refractivity contribution in [1.29, 1.82) is 0 Å². The van der Waals surface area contributed by atoms with E-state index in [1.807, 2.05) is 0 Å². The first-order chi connectivity index (χ1) is 6.54. The first-order valence-corrected chi connectivity index (χ1v) is 3.74. The van der Waals surface area contributed by atoms with Crippen molar-refractivity contribution < 1.29 is 18.0 Å². The standard InChI is InChI=1S/C8H7F3N2O/c9-8(10,11)7-3-1-2-6(13-7)4-12-5-14/h1-3,5H,4H2,(H,12,14). The van der Waals surface area contributed by atoms with Crippen LogP contribution in [0.4, 0.5) is 13.2 Å². The summed E-state index contributed by atoms with van der Waals surface area (Å²) >= 11 is 0. The van der Waals surface area contributed by atoms with Crippen molar-refractivity contribution in [2.24, 2.45) is 0 Å². The van der Waals surface area contributed by atoms with Crippen LogP contribution in [0.2, 0.25) is 0 Å². The molecule has 3 nitrogen and oxygen atoms in total. The molecule has 76 valence electrons. The van der Waals surface area contributed by atoms with Crippen LogP contribution in [0.3, 0.4) is 0 Å². The number of nitrogens with zero attached hydrogens (tertiary/aromatic N) is 1. The maximum Gasteiger partial charge on any atom is 0.433 e. The Morgan fingerprint density at radius 3 is 2.71 bits per heavy atom. The minimum Gasteiger partial charge on any atom is -0.353 e. The van der Waals surface area contributed by atoms with Crippen molar-refractivity contribution in [3.05, 3.63) is 29.6 Å². The fourth-order valence-electron chi connectivity index (χ4n) is 0.882. The van der Waals surface area contributed by atoms with Gasteiger partial charge in [0, 0.05) is 0 Å². The fraction of sp³-hybridized carbons (Fsp3) is 0.250. The normalized spacial score (nSPS) is 11.1. The van der Waals surface area contributed by atoms with Crippen LogP contribution in [0.5, 0.6) is 0 Å². The Hall–Kier alpha value is -1.59. The third-order valence-corrected chi connectivity index (χ3v) is 1.46. The fourth-order valence-corrected chi connectivity index (χ4v) is 0.882. The number of halogens is 3. The number of rotatable bonds is 3. The highest BCUT2D eigenvalue weighted by Crippen LogP contribution is 2.27. The predicted molar refractivity (Wildman–Crippen MR) is 42.1 cm³/mol. The predicted octanol–water partition coefficient (Wildman–Crippen LogP) is 1.35. The molecule has 0 spiro atoms. The van der Waals surface area contributed by atoms with Crippen LogP contribution in [0.15, 0.2) is 18.2 Å². The van der Waals surface area contributed by atoms with Gasteiger partial charge in [0.25, 0.3) is 0 Å². The molecule has 1 amide bonds. The van der Waals surface area contributed by atoms with E-state index in [1.54, 1.807) is 0 Å². The smallest absolute Gasteiger partial charge is 0.353 e. The number of hydrogen-bond donors (Lipinski definition) is 1. The van der Waals surface area contributed by atoms with Gasteiger partial charge >= 0.3 is 6.18 Å². The van der Waals surface area contributed by atoms with E-state index in [1.165, 1.54) is 12.1 Å². The molecule has 1 aromatic rings. The monoisotopic (exact) mass is 204 g/mol. The lowest BCUT2D eigenvalue weighted by atomic mass is 10.3. The SMILES string of the molecule is O=CNCc1cccc(C(F)(F)F)n1. The molecule has 1 aromatic heterocycles. The highest BCUT2D eigenvalue weighted by atomic mass is 19.4. The quantitative estimate of drug-likeness (QED) is 0.755. The molecule has 1 heterocycles.